The average molecular weight is 950 g/mol. The van der Waals surface area contributed by atoms with Gasteiger partial charge in [0.15, 0.2) is 17.1 Å². The Morgan fingerprint density at radius 3 is 1.79 bits per heavy atom. The molecule has 0 saturated carbocycles. The Labute approximate surface area is 380 Å². The topological polar surface area (TPSA) is 265 Å². The lowest BCUT2D eigenvalue weighted by Crippen LogP contribution is -2.42. The first-order valence-electron chi connectivity index (χ1n) is 19.8. The van der Waals surface area contributed by atoms with Crippen molar-refractivity contribution in [1.29, 1.82) is 15.8 Å². The molecule has 16 nitrogen and oxygen atoms in total. The summed E-state index contributed by atoms with van der Waals surface area (Å²) in [7, 11) is 0. The van der Waals surface area contributed by atoms with Crippen molar-refractivity contribution in [2.45, 2.75) is 99.7 Å². The van der Waals surface area contributed by atoms with Crippen LogP contribution in [0.3, 0.4) is 0 Å². The molecular formula is C43H54BrClN12O4S. The standard InChI is InChI=1S/C24H27N5O3S.C13H14BrN5O.C6H12N2.ClH/c1-14(24(2,3)13-25)28-23(31)16-11-26-22-21(16)29-17(12-27-22)19-4-5-20(33-19)18(30)10-15-6-8-32-9-7-15;1-7(13(2,3)6-15)18-12(20)8-4-16-11-10(8)19-9(14)5-17-11;1-5(8)6(2,3)4-7;/h4-5,11-12,14-15H,6-10H2,1-3H3,(H,26,27)(H,28,31);4-5,7H,1-3H3,(H,16,17)(H,18,20);5H,8H2,1-3H3;1H/t14-;7-;5-;/m000./s1. The fourth-order valence-corrected chi connectivity index (χ4v) is 6.56. The van der Waals surface area contributed by atoms with Crippen LogP contribution in [0, 0.1) is 56.2 Å². The number of rotatable bonds is 11. The largest absolute Gasteiger partial charge is 0.381 e. The molecule has 62 heavy (non-hydrogen) atoms. The molecule has 19 heteroatoms. The van der Waals surface area contributed by atoms with E-state index in [1.807, 2.05) is 32.9 Å². The fourth-order valence-electron chi connectivity index (χ4n) is 5.37. The molecule has 0 bridgehead atoms. The van der Waals surface area contributed by atoms with Gasteiger partial charge >= 0.3 is 0 Å². The van der Waals surface area contributed by atoms with E-state index in [0.717, 1.165) is 30.9 Å². The Hall–Kier alpha value is -5.29. The SMILES string of the molecule is C[C@H](N)C(C)(C)C#N.C[C@H](NC(=O)c1c[nH]c2ncc(-c3ccc(C(=O)CC4CCOCC4)s3)nc12)C(C)(C)C#N.C[C@H](NC(=O)c1c[nH]c2ncc(Br)nc12)C(C)(C)C#N.Cl. The number of nitrogens with one attached hydrogen (secondary N) is 4. The molecule has 0 aromatic carbocycles. The predicted molar refractivity (Wildman–Crippen MR) is 244 cm³/mol. The first-order valence-corrected chi connectivity index (χ1v) is 21.4. The number of ether oxygens (including phenoxy) is 1. The fraction of sp³-hybridized carbons (Fsp3) is 0.488. The number of thiophene rings is 1. The predicted octanol–water partition coefficient (Wildman–Crippen LogP) is 8.05. The molecule has 1 fully saturated rings. The lowest BCUT2D eigenvalue weighted by molar-refractivity contribution is 0.0602. The van der Waals surface area contributed by atoms with Gasteiger partial charge in [0, 0.05) is 50.2 Å². The summed E-state index contributed by atoms with van der Waals surface area (Å²) in [6.45, 7) is 17.7. The van der Waals surface area contributed by atoms with E-state index in [9.17, 15) is 19.6 Å². The van der Waals surface area contributed by atoms with E-state index in [-0.39, 0.29) is 53.5 Å². The summed E-state index contributed by atoms with van der Waals surface area (Å²) in [5.74, 6) is -0.0771. The highest BCUT2D eigenvalue weighted by atomic mass is 79.9. The van der Waals surface area contributed by atoms with Crippen LogP contribution < -0.4 is 16.4 Å². The van der Waals surface area contributed by atoms with Gasteiger partial charge in [0.1, 0.15) is 15.6 Å². The summed E-state index contributed by atoms with van der Waals surface area (Å²) >= 11 is 4.63. The van der Waals surface area contributed by atoms with Crippen molar-refractivity contribution in [2.75, 3.05) is 13.2 Å². The third-order valence-electron chi connectivity index (χ3n) is 11.0. The molecule has 5 aromatic rings. The van der Waals surface area contributed by atoms with Crippen LogP contribution in [-0.2, 0) is 4.74 Å². The number of H-pyrrole nitrogens is 2. The third-order valence-corrected chi connectivity index (χ3v) is 12.6. The monoisotopic (exact) mass is 948 g/mol. The third kappa shape index (κ3) is 12.9. The molecule has 1 aliphatic heterocycles. The Morgan fingerprint density at radius 1 is 0.839 bits per heavy atom. The van der Waals surface area contributed by atoms with Gasteiger partial charge in [-0.2, -0.15) is 15.8 Å². The zero-order valence-corrected chi connectivity index (χ0v) is 39.6. The van der Waals surface area contributed by atoms with Crippen molar-refractivity contribution in [3.05, 3.63) is 57.5 Å². The van der Waals surface area contributed by atoms with Crippen molar-refractivity contribution in [3.63, 3.8) is 0 Å². The molecule has 1 saturated heterocycles. The highest BCUT2D eigenvalue weighted by molar-refractivity contribution is 9.10. The lowest BCUT2D eigenvalue weighted by Gasteiger charge is -2.25. The van der Waals surface area contributed by atoms with Gasteiger partial charge in [-0.25, -0.2) is 19.9 Å². The summed E-state index contributed by atoms with van der Waals surface area (Å²) < 4.78 is 5.94. The molecular weight excluding hydrogens is 896 g/mol. The smallest absolute Gasteiger partial charge is 0.255 e. The van der Waals surface area contributed by atoms with Gasteiger partial charge in [-0.1, -0.05) is 0 Å². The first kappa shape index (κ1) is 51.1. The molecule has 5 aromatic heterocycles. The zero-order chi connectivity index (χ0) is 45.3. The van der Waals surface area contributed by atoms with Gasteiger partial charge in [-0.15, -0.1) is 23.7 Å². The zero-order valence-electron chi connectivity index (χ0n) is 36.3. The van der Waals surface area contributed by atoms with Gasteiger partial charge in [-0.3, -0.25) is 14.4 Å². The van der Waals surface area contributed by atoms with E-state index in [0.29, 0.717) is 61.0 Å². The number of aromatic nitrogens is 6. The van der Waals surface area contributed by atoms with Crippen LogP contribution in [0.4, 0.5) is 0 Å². The van der Waals surface area contributed by atoms with E-state index in [4.69, 9.17) is 21.0 Å². The summed E-state index contributed by atoms with van der Waals surface area (Å²) in [4.78, 5) is 62.7. The van der Waals surface area contributed by atoms with Crippen molar-refractivity contribution in [3.8, 4) is 28.8 Å². The maximum absolute atomic E-state index is 12.9. The van der Waals surface area contributed by atoms with E-state index in [1.165, 1.54) is 11.3 Å². The summed E-state index contributed by atoms with van der Waals surface area (Å²) in [5.41, 5.74) is 7.12. The van der Waals surface area contributed by atoms with Crippen molar-refractivity contribution >= 4 is 79.6 Å². The number of hydrogen-bond acceptors (Lipinski definition) is 13. The number of nitrogens with two attached hydrogens (primary N) is 1. The highest BCUT2D eigenvalue weighted by Crippen LogP contribution is 2.31. The minimum Gasteiger partial charge on any atom is -0.381 e. The van der Waals surface area contributed by atoms with Crippen molar-refractivity contribution in [2.24, 2.45) is 27.9 Å². The molecule has 330 valence electrons. The van der Waals surface area contributed by atoms with Crippen molar-refractivity contribution in [1.82, 2.24) is 40.5 Å². The van der Waals surface area contributed by atoms with Crippen molar-refractivity contribution < 1.29 is 19.1 Å². The Morgan fingerprint density at radius 2 is 1.32 bits per heavy atom. The van der Waals surface area contributed by atoms with Crippen LogP contribution in [0.5, 0.6) is 0 Å². The number of carbonyl (C=O) groups is 3. The molecule has 1 aliphatic rings. The minimum atomic E-state index is -0.705. The first-order chi connectivity index (χ1) is 28.6. The van der Waals surface area contributed by atoms with Crippen LogP contribution in [0.1, 0.15) is 112 Å². The molecule has 6 heterocycles. The van der Waals surface area contributed by atoms with Crippen LogP contribution in [-0.4, -0.2) is 78.8 Å². The number of Topliss-reactive ketones (excluding diaryl/α,β-unsaturated/α-hetero) is 1. The maximum atomic E-state index is 12.9. The van der Waals surface area contributed by atoms with E-state index in [1.54, 1.807) is 66.3 Å². The molecule has 0 radical (unpaired) electrons. The lowest BCUT2D eigenvalue weighted by atomic mass is 9.87. The Kier molecular flexibility index (Phi) is 17.9. The number of aromatic amines is 2. The number of fused-ring (bicyclic) bond motifs is 2. The van der Waals surface area contributed by atoms with Gasteiger partial charge in [-0.05, 0) is 109 Å². The molecule has 0 spiro atoms. The number of nitrogens with zero attached hydrogens (tertiary/aromatic N) is 7. The molecule has 2 amide bonds. The second-order valence-corrected chi connectivity index (χ2v) is 18.7. The van der Waals surface area contributed by atoms with E-state index >= 15 is 0 Å². The van der Waals surface area contributed by atoms with Crippen LogP contribution in [0.25, 0.3) is 32.9 Å². The van der Waals surface area contributed by atoms with Gasteiger partial charge in [0.05, 0.1) is 73.4 Å². The van der Waals surface area contributed by atoms with Crippen LogP contribution in [0.15, 0.2) is 41.5 Å². The van der Waals surface area contributed by atoms with E-state index in [2.05, 4.69) is 74.7 Å². The molecule has 0 unspecified atom stereocenters. The summed E-state index contributed by atoms with van der Waals surface area (Å²) in [6, 6.07) is 9.54. The van der Waals surface area contributed by atoms with Crippen LogP contribution in [0.2, 0.25) is 0 Å². The number of amides is 2. The molecule has 3 atom stereocenters. The number of hydrogen-bond donors (Lipinski definition) is 5. The molecule has 0 aliphatic carbocycles. The average Bonchev–Trinajstić information content (AvgIpc) is 4.00. The Bertz CT molecular complexity index is 2480. The Balaban J connectivity index is 0.000000299. The highest BCUT2D eigenvalue weighted by Gasteiger charge is 2.30. The summed E-state index contributed by atoms with van der Waals surface area (Å²) in [6.07, 6.45) is 8.73. The van der Waals surface area contributed by atoms with E-state index < -0.39 is 10.8 Å². The normalized spacial score (nSPS) is 14.5. The second kappa shape index (κ2) is 21.7. The molecule has 6 N–H and O–H groups in total. The van der Waals surface area contributed by atoms with Gasteiger partial charge in [0.2, 0.25) is 0 Å². The van der Waals surface area contributed by atoms with Crippen LogP contribution >= 0.6 is 39.7 Å². The molecule has 6 rings (SSSR count). The van der Waals surface area contributed by atoms with Gasteiger partial charge in [0.25, 0.3) is 11.8 Å². The quantitative estimate of drug-likeness (QED) is 0.0788. The number of ketones is 1. The maximum Gasteiger partial charge on any atom is 0.255 e. The minimum absolute atomic E-state index is 0. The number of halogens is 2. The number of nitriles is 3. The second-order valence-electron chi connectivity index (χ2n) is 16.8. The van der Waals surface area contributed by atoms with Gasteiger partial charge < -0.3 is 31.1 Å². The number of carbonyl (C=O) groups excluding carboxylic acids is 3. The summed E-state index contributed by atoms with van der Waals surface area (Å²) in [5, 5.41) is 32.5.